The number of benzene rings is 6. The SMILES string of the molecule is [2H]c1c(-c2c([2H])c([2H])c([2H])c([2H])c2[2H])nc(-c2c([2H])c([2H])c([2H])c(-n3c4ccccc4c4ccncc43)c2-n2c3ccccc3c3cnccc32)nc1-n1c2c([2H])c([2H])c([2H])c([2H])c2c2c([2H])c([2H])c([2H])c([2H])c21. The van der Waals surface area contributed by atoms with E-state index in [9.17, 15) is 8.22 Å². The number of hydrogen-bond acceptors (Lipinski definition) is 4. The molecule has 7 nitrogen and oxygen atoms in total. The van der Waals surface area contributed by atoms with Gasteiger partial charge in [-0.1, -0.05) is 109 Å². The number of nitrogens with zero attached hydrogens (tertiary/aromatic N) is 7. The first-order chi connectivity index (χ1) is 35.4. The lowest BCUT2D eigenvalue weighted by Crippen LogP contribution is -2.08. The molecule has 0 fully saturated rings. The van der Waals surface area contributed by atoms with Crippen LogP contribution in [0.25, 0.3) is 105 Å². The van der Waals surface area contributed by atoms with Crippen molar-refractivity contribution in [3.05, 3.63) is 188 Å². The zero-order chi connectivity index (χ0) is 52.2. The van der Waals surface area contributed by atoms with Crippen molar-refractivity contribution >= 4 is 65.4 Å². The summed E-state index contributed by atoms with van der Waals surface area (Å²) in [5.41, 5.74) is -0.375. The van der Waals surface area contributed by atoms with Crippen LogP contribution in [0.4, 0.5) is 0 Å². The smallest absolute Gasteiger partial charge is 0.164 e. The molecule has 0 saturated heterocycles. The summed E-state index contributed by atoms with van der Waals surface area (Å²) >= 11 is 0. The maximum atomic E-state index is 9.98. The van der Waals surface area contributed by atoms with E-state index in [4.69, 9.17) is 25.0 Å². The van der Waals surface area contributed by atoms with Gasteiger partial charge in [0, 0.05) is 68.1 Å². The first kappa shape index (κ1) is 19.1. The van der Waals surface area contributed by atoms with E-state index in [-0.39, 0.29) is 27.7 Å². The van der Waals surface area contributed by atoms with Gasteiger partial charge in [0.1, 0.15) is 5.82 Å². The molecule has 0 aliphatic heterocycles. The molecule has 0 saturated carbocycles. The maximum absolute atomic E-state index is 9.98. The van der Waals surface area contributed by atoms with Crippen LogP contribution >= 0.6 is 0 Å². The number of hydrogen-bond donors (Lipinski definition) is 0. The molecule has 12 rings (SSSR count). The van der Waals surface area contributed by atoms with E-state index >= 15 is 0 Å². The molecule has 6 aromatic carbocycles. The van der Waals surface area contributed by atoms with Crippen LogP contribution in [0.15, 0.2) is 188 Å². The van der Waals surface area contributed by atoms with Gasteiger partial charge in [0.05, 0.1) is 79.7 Å². The lowest BCUT2D eigenvalue weighted by molar-refractivity contribution is 1.04. The van der Waals surface area contributed by atoms with E-state index in [0.717, 1.165) is 15.3 Å². The zero-order valence-electron chi connectivity index (χ0n) is 46.2. The fraction of sp³-hybridized carbons (Fsp3) is 0. The third kappa shape index (κ3) is 4.66. The van der Waals surface area contributed by atoms with E-state index in [1.54, 1.807) is 64.3 Å². The van der Waals surface area contributed by atoms with Gasteiger partial charge in [0.2, 0.25) is 0 Å². The summed E-state index contributed by atoms with van der Waals surface area (Å²) < 4.78 is 160. The largest absolute Gasteiger partial charge is 0.306 e. The zero-order valence-corrected chi connectivity index (χ0v) is 29.2. The Kier molecular flexibility index (Phi) is 4.13. The molecule has 6 aromatic heterocycles. The van der Waals surface area contributed by atoms with Gasteiger partial charge in [0.15, 0.2) is 5.82 Å². The van der Waals surface area contributed by atoms with Gasteiger partial charge in [-0.3, -0.25) is 14.5 Å². The van der Waals surface area contributed by atoms with E-state index in [2.05, 4.69) is 9.97 Å². The lowest BCUT2D eigenvalue weighted by Gasteiger charge is -2.20. The number of aromatic nitrogens is 7. The number of para-hydroxylation sites is 5. The van der Waals surface area contributed by atoms with Crippen molar-refractivity contribution in [2.45, 2.75) is 0 Å². The fourth-order valence-electron chi connectivity index (χ4n) is 7.78. The predicted molar refractivity (Wildman–Crippen MR) is 232 cm³/mol. The molecule has 0 atom stereocenters. The predicted octanol–water partition coefficient (Wildman–Crippen LogP) is 11.9. The summed E-state index contributed by atoms with van der Waals surface area (Å²) in [6, 6.07) is 5.68. The van der Waals surface area contributed by atoms with E-state index in [1.807, 2.05) is 30.3 Å². The molecule has 12 aromatic rings. The van der Waals surface area contributed by atoms with Gasteiger partial charge < -0.3 is 9.13 Å². The van der Waals surface area contributed by atoms with Crippen LogP contribution < -0.4 is 0 Å². The first-order valence-electron chi connectivity index (χ1n) is 26.2. The quantitative estimate of drug-likeness (QED) is 0.176. The minimum absolute atomic E-state index is 0.0154. The van der Waals surface area contributed by atoms with Crippen molar-refractivity contribution in [1.29, 1.82) is 0 Å². The molecule has 0 unspecified atom stereocenters. The molecular weight excluding hydrogens is 699 g/mol. The second kappa shape index (κ2) is 12.3. The van der Waals surface area contributed by atoms with Crippen molar-refractivity contribution in [3.8, 4) is 39.8 Å². The highest BCUT2D eigenvalue weighted by atomic mass is 15.1. The van der Waals surface area contributed by atoms with Gasteiger partial charge in [-0.15, -0.1) is 0 Å². The Hall–Kier alpha value is -7.90. The maximum Gasteiger partial charge on any atom is 0.164 e. The average molecular weight is 747 g/mol. The van der Waals surface area contributed by atoms with E-state index in [1.165, 1.54) is 0 Å². The topological polar surface area (TPSA) is 66.3 Å². The molecule has 0 N–H and O–H groups in total. The highest BCUT2D eigenvalue weighted by Gasteiger charge is 2.25. The van der Waals surface area contributed by atoms with Gasteiger partial charge in [-0.2, -0.15) is 0 Å². The molecule has 0 radical (unpaired) electrons. The Bertz CT molecular complexity index is 4330. The van der Waals surface area contributed by atoms with E-state index in [0.29, 0.717) is 32.8 Å². The van der Waals surface area contributed by atoms with Gasteiger partial charge in [-0.05, 0) is 48.4 Å². The third-order valence-electron chi connectivity index (χ3n) is 10.1. The average Bonchev–Trinajstić information content (AvgIpc) is 4.08. The molecule has 7 heteroatoms. The summed E-state index contributed by atoms with van der Waals surface area (Å²) in [4.78, 5) is 18.6. The number of fused-ring (bicyclic) bond motifs is 9. The monoisotopic (exact) mass is 746 g/mol. The molecule has 6 heterocycles. The van der Waals surface area contributed by atoms with Crippen LogP contribution in [0, 0.1) is 0 Å². The minimum atomic E-state index is -0.821. The molecule has 57 heavy (non-hydrogen) atoms. The third-order valence-corrected chi connectivity index (χ3v) is 10.1. The molecule has 266 valence electrons. The first-order valence-corrected chi connectivity index (χ1v) is 17.7. The van der Waals surface area contributed by atoms with Crippen LogP contribution in [0.3, 0.4) is 0 Å². The van der Waals surface area contributed by atoms with Crippen LogP contribution in [0.1, 0.15) is 23.3 Å². The Labute approximate surface area is 350 Å². The van der Waals surface area contributed by atoms with E-state index < -0.39 is 137 Å². The van der Waals surface area contributed by atoms with Crippen molar-refractivity contribution in [3.63, 3.8) is 0 Å². The summed E-state index contributed by atoms with van der Waals surface area (Å²) in [7, 11) is 0. The Balaban J connectivity index is 1.37. The van der Waals surface area contributed by atoms with Gasteiger partial charge >= 0.3 is 0 Å². The second-order valence-electron chi connectivity index (χ2n) is 13.1. The summed E-state index contributed by atoms with van der Waals surface area (Å²) in [5, 5.41) is 2.05. The fourth-order valence-corrected chi connectivity index (χ4v) is 7.78. The van der Waals surface area contributed by atoms with Crippen molar-refractivity contribution in [2.24, 2.45) is 0 Å². The Morgan fingerprint density at radius 2 is 1.07 bits per heavy atom. The lowest BCUT2D eigenvalue weighted by atomic mass is 10.1. The molecule has 0 bridgehead atoms. The second-order valence-corrected chi connectivity index (χ2v) is 13.1. The van der Waals surface area contributed by atoms with Crippen LogP contribution in [-0.4, -0.2) is 33.6 Å². The number of pyridine rings is 2. The highest BCUT2D eigenvalue weighted by molar-refractivity contribution is 6.12. The molecule has 0 aliphatic rings. The van der Waals surface area contributed by atoms with Crippen molar-refractivity contribution in [1.82, 2.24) is 33.6 Å². The summed E-state index contributed by atoms with van der Waals surface area (Å²) in [5.74, 6) is -1.21. The van der Waals surface area contributed by atoms with Gasteiger partial charge in [-0.25, -0.2) is 9.97 Å². The normalized spacial score (nSPS) is 16.0. The number of rotatable bonds is 5. The van der Waals surface area contributed by atoms with Crippen LogP contribution in [-0.2, 0) is 0 Å². The molecule has 0 spiro atoms. The Morgan fingerprint density at radius 3 is 1.86 bits per heavy atom. The van der Waals surface area contributed by atoms with Crippen molar-refractivity contribution < 1.29 is 23.3 Å². The van der Waals surface area contributed by atoms with Crippen LogP contribution in [0.2, 0.25) is 0 Å². The molecule has 0 aliphatic carbocycles. The standard InChI is InChI=1S/C50H31N7/c1-2-13-32(14-3-1)40-29-48(56-42-21-9-5-15-33(42)34-16-6-10-22-43(34)56)54-50(53-40)38-19-12-24-46(55-41-20-8-4-17-35(41)37-25-27-52-31-47(37)55)49(38)57-44-23-11-7-18-36(44)39-30-51-28-26-45(39)57/h1-31H/i1D,2D,3D,5D,6D,9D,10D,12D,13D,14D,15D,16D,19D,21D,22D,24D,29D. The minimum Gasteiger partial charge on any atom is -0.306 e. The van der Waals surface area contributed by atoms with Crippen molar-refractivity contribution in [2.75, 3.05) is 0 Å². The summed E-state index contributed by atoms with van der Waals surface area (Å²) in [6.45, 7) is 0. The van der Waals surface area contributed by atoms with Gasteiger partial charge in [0.25, 0.3) is 0 Å². The molecular formula is C50H31N7. The Morgan fingerprint density at radius 1 is 0.439 bits per heavy atom. The van der Waals surface area contributed by atoms with Crippen LogP contribution in [0.5, 0.6) is 0 Å². The molecule has 0 amide bonds. The highest BCUT2D eigenvalue weighted by Crippen LogP contribution is 2.42. The summed E-state index contributed by atoms with van der Waals surface area (Å²) in [6.07, 6.45) is 6.41.